The van der Waals surface area contributed by atoms with Crippen molar-refractivity contribution in [3.63, 3.8) is 0 Å². The molecule has 12 heavy (non-hydrogen) atoms. The SMILES string of the molecule is CCS(=O)(=O)Oc1c[c]ccc1. The Balaban J connectivity index is 2.78. The summed E-state index contributed by atoms with van der Waals surface area (Å²) in [7, 11) is -3.39. The zero-order valence-electron chi connectivity index (χ0n) is 6.65. The molecule has 1 rings (SSSR count). The van der Waals surface area contributed by atoms with Crippen LogP contribution >= 0.6 is 0 Å². The first-order chi connectivity index (χ1) is 5.64. The van der Waals surface area contributed by atoms with Crippen molar-refractivity contribution in [1.29, 1.82) is 0 Å². The predicted octanol–water partition coefficient (Wildman–Crippen LogP) is 1.22. The van der Waals surface area contributed by atoms with Crippen LogP contribution < -0.4 is 4.18 Å². The van der Waals surface area contributed by atoms with E-state index < -0.39 is 10.1 Å². The summed E-state index contributed by atoms with van der Waals surface area (Å²) in [5, 5.41) is 0. The van der Waals surface area contributed by atoms with Gasteiger partial charge in [0, 0.05) is 0 Å². The second-order valence-electron chi connectivity index (χ2n) is 2.17. The molecule has 0 aliphatic carbocycles. The monoisotopic (exact) mass is 185 g/mol. The molecular formula is C8H9O3S. The maximum Gasteiger partial charge on any atom is 0.308 e. The summed E-state index contributed by atoms with van der Waals surface area (Å²) in [5.74, 6) is 0.279. The Labute approximate surface area is 72.1 Å². The molecule has 0 bridgehead atoms. The highest BCUT2D eigenvalue weighted by Gasteiger charge is 2.07. The highest BCUT2D eigenvalue weighted by atomic mass is 32.2. The van der Waals surface area contributed by atoms with Gasteiger partial charge in [0.15, 0.2) is 0 Å². The highest BCUT2D eigenvalue weighted by molar-refractivity contribution is 7.87. The van der Waals surface area contributed by atoms with Gasteiger partial charge in [0.25, 0.3) is 0 Å². The van der Waals surface area contributed by atoms with E-state index in [-0.39, 0.29) is 5.75 Å². The molecule has 0 saturated carbocycles. The van der Waals surface area contributed by atoms with Crippen molar-refractivity contribution in [2.24, 2.45) is 0 Å². The van der Waals surface area contributed by atoms with Crippen LogP contribution in [-0.4, -0.2) is 14.2 Å². The molecule has 3 nitrogen and oxygen atoms in total. The smallest absolute Gasteiger partial charge is 0.308 e. The number of hydrogen-bond donors (Lipinski definition) is 0. The van der Waals surface area contributed by atoms with Gasteiger partial charge < -0.3 is 4.18 Å². The normalized spacial score (nSPS) is 11.1. The van der Waals surface area contributed by atoms with Crippen molar-refractivity contribution in [2.75, 3.05) is 5.75 Å². The van der Waals surface area contributed by atoms with Gasteiger partial charge in [0.1, 0.15) is 5.75 Å². The van der Waals surface area contributed by atoms with Crippen molar-refractivity contribution < 1.29 is 12.6 Å². The fraction of sp³-hybridized carbons (Fsp3) is 0.250. The fourth-order valence-electron chi connectivity index (χ4n) is 0.634. The fourth-order valence-corrected chi connectivity index (χ4v) is 1.15. The molecule has 0 aromatic heterocycles. The standard InChI is InChI=1S/C8H9O3S/c1-2-12(9,10)11-8-6-4-3-5-7-8/h3-4,6-7H,2H2,1H3. The lowest BCUT2D eigenvalue weighted by Crippen LogP contribution is -2.11. The Morgan fingerprint density at radius 1 is 1.58 bits per heavy atom. The molecule has 1 aromatic carbocycles. The third-order valence-corrected chi connectivity index (χ3v) is 2.41. The quantitative estimate of drug-likeness (QED) is 0.665. The first-order valence-corrected chi connectivity index (χ1v) is 5.10. The van der Waals surface area contributed by atoms with Crippen molar-refractivity contribution >= 4 is 10.1 Å². The first kappa shape index (κ1) is 9.06. The summed E-state index contributed by atoms with van der Waals surface area (Å²) in [6.07, 6.45) is 0. The minimum Gasteiger partial charge on any atom is -0.382 e. The van der Waals surface area contributed by atoms with E-state index in [1.807, 2.05) is 0 Å². The molecule has 0 N–H and O–H groups in total. The van der Waals surface area contributed by atoms with E-state index in [1.54, 1.807) is 18.2 Å². The van der Waals surface area contributed by atoms with Crippen LogP contribution in [0.2, 0.25) is 0 Å². The number of hydrogen-bond acceptors (Lipinski definition) is 3. The highest BCUT2D eigenvalue weighted by Crippen LogP contribution is 2.10. The van der Waals surface area contributed by atoms with Crippen LogP contribution in [0.4, 0.5) is 0 Å². The number of rotatable bonds is 3. The van der Waals surface area contributed by atoms with Crippen LogP contribution in [0, 0.1) is 6.07 Å². The zero-order chi connectivity index (χ0) is 9.03. The van der Waals surface area contributed by atoms with E-state index in [4.69, 9.17) is 4.18 Å². The van der Waals surface area contributed by atoms with E-state index in [0.717, 1.165) is 0 Å². The largest absolute Gasteiger partial charge is 0.382 e. The molecule has 0 saturated heterocycles. The van der Waals surface area contributed by atoms with Gasteiger partial charge in [-0.3, -0.25) is 0 Å². The average Bonchev–Trinajstić information content (AvgIpc) is 2.06. The summed E-state index contributed by atoms with van der Waals surface area (Å²) < 4.78 is 26.6. The molecule has 0 aliphatic heterocycles. The van der Waals surface area contributed by atoms with E-state index in [9.17, 15) is 8.42 Å². The minimum absolute atomic E-state index is 0.0259. The van der Waals surface area contributed by atoms with E-state index in [1.165, 1.54) is 13.0 Å². The van der Waals surface area contributed by atoms with Gasteiger partial charge in [-0.15, -0.1) is 0 Å². The molecular weight excluding hydrogens is 176 g/mol. The maximum atomic E-state index is 10.9. The molecule has 0 unspecified atom stereocenters. The molecule has 4 heteroatoms. The summed E-state index contributed by atoms with van der Waals surface area (Å²) in [4.78, 5) is 0. The molecule has 0 amide bonds. The van der Waals surface area contributed by atoms with Crippen molar-refractivity contribution in [2.45, 2.75) is 6.92 Å². The molecule has 0 aliphatic rings. The second kappa shape index (κ2) is 3.58. The average molecular weight is 185 g/mol. The lowest BCUT2D eigenvalue weighted by molar-refractivity contribution is 0.487. The van der Waals surface area contributed by atoms with Gasteiger partial charge in [-0.25, -0.2) is 0 Å². The van der Waals surface area contributed by atoms with E-state index >= 15 is 0 Å². The second-order valence-corrected chi connectivity index (χ2v) is 4.03. The van der Waals surface area contributed by atoms with Crippen LogP contribution in [0.15, 0.2) is 24.3 Å². The summed E-state index contributed by atoms with van der Waals surface area (Å²) >= 11 is 0. The maximum absolute atomic E-state index is 10.9. The van der Waals surface area contributed by atoms with Gasteiger partial charge >= 0.3 is 10.1 Å². The third-order valence-electron chi connectivity index (χ3n) is 1.26. The topological polar surface area (TPSA) is 43.4 Å². The molecule has 0 fully saturated rings. The minimum atomic E-state index is -3.39. The Hall–Kier alpha value is -1.03. The molecule has 1 aromatic rings. The molecule has 65 valence electrons. The van der Waals surface area contributed by atoms with Gasteiger partial charge in [-0.1, -0.05) is 12.1 Å². The molecule has 0 heterocycles. The Kier molecular flexibility index (Phi) is 2.70. The van der Waals surface area contributed by atoms with E-state index in [2.05, 4.69) is 6.07 Å². The van der Waals surface area contributed by atoms with Gasteiger partial charge in [-0.2, -0.15) is 8.42 Å². The van der Waals surface area contributed by atoms with E-state index in [0.29, 0.717) is 5.75 Å². The van der Waals surface area contributed by atoms with Crippen molar-refractivity contribution in [1.82, 2.24) is 0 Å². The van der Waals surface area contributed by atoms with Crippen LogP contribution in [0.1, 0.15) is 6.92 Å². The number of benzene rings is 1. The Morgan fingerprint density at radius 2 is 2.33 bits per heavy atom. The van der Waals surface area contributed by atoms with Gasteiger partial charge in [-0.05, 0) is 25.1 Å². The van der Waals surface area contributed by atoms with Gasteiger partial charge in [0.2, 0.25) is 0 Å². The summed E-state index contributed by atoms with van der Waals surface area (Å²) in [6, 6.07) is 9.11. The lowest BCUT2D eigenvalue weighted by Gasteiger charge is -2.02. The Bertz CT molecular complexity index is 329. The van der Waals surface area contributed by atoms with Crippen molar-refractivity contribution in [3.8, 4) is 5.75 Å². The lowest BCUT2D eigenvalue weighted by atomic mass is 10.3. The van der Waals surface area contributed by atoms with Crippen LogP contribution in [0.25, 0.3) is 0 Å². The summed E-state index contributed by atoms with van der Waals surface area (Å²) in [6.45, 7) is 1.53. The molecule has 0 spiro atoms. The predicted molar refractivity (Wildman–Crippen MR) is 45.4 cm³/mol. The molecule has 1 radical (unpaired) electrons. The van der Waals surface area contributed by atoms with Crippen LogP contribution in [0.5, 0.6) is 5.75 Å². The third kappa shape index (κ3) is 2.54. The zero-order valence-corrected chi connectivity index (χ0v) is 7.47. The Morgan fingerprint density at radius 3 is 2.83 bits per heavy atom. The van der Waals surface area contributed by atoms with Crippen LogP contribution in [0.3, 0.4) is 0 Å². The summed E-state index contributed by atoms with van der Waals surface area (Å²) in [5.41, 5.74) is 0. The van der Waals surface area contributed by atoms with Crippen LogP contribution in [-0.2, 0) is 10.1 Å². The van der Waals surface area contributed by atoms with Crippen molar-refractivity contribution in [3.05, 3.63) is 30.3 Å². The van der Waals surface area contributed by atoms with Gasteiger partial charge in [0.05, 0.1) is 5.75 Å². The first-order valence-electron chi connectivity index (χ1n) is 3.52. The molecule has 0 atom stereocenters.